The molecule has 2 aromatic rings. The molecule has 2 aliphatic heterocycles. The zero-order valence-electron chi connectivity index (χ0n) is 16.1. The Labute approximate surface area is 172 Å². The number of hydrogen-bond donors (Lipinski definition) is 4. The van der Waals surface area contributed by atoms with Crippen molar-refractivity contribution in [3.8, 4) is 0 Å². The van der Waals surface area contributed by atoms with E-state index in [2.05, 4.69) is 35.1 Å². The van der Waals surface area contributed by atoms with Crippen LogP contribution in [0.15, 0.2) is 39.0 Å². The van der Waals surface area contributed by atoms with Gasteiger partial charge in [-0.3, -0.25) is 4.57 Å². The Morgan fingerprint density at radius 2 is 2.00 bits per heavy atom. The van der Waals surface area contributed by atoms with Crippen molar-refractivity contribution < 1.29 is 20.1 Å². The predicted octanol–water partition coefficient (Wildman–Crippen LogP) is 0.909. The number of hydrogen-bond acceptors (Lipinski definition) is 9. The molecule has 29 heavy (non-hydrogen) atoms. The second-order valence-electron chi connectivity index (χ2n) is 6.95. The maximum atomic E-state index is 12.6. The van der Waals surface area contributed by atoms with Crippen LogP contribution in [0.2, 0.25) is 0 Å². The van der Waals surface area contributed by atoms with Gasteiger partial charge in [-0.25, -0.2) is 4.79 Å². The SMILES string of the molecule is CCN(CC)c1ccc2c(c1)Nc1nc(=O)n([C@@H]3O[C@H](CO)C(O)[C@@H]3O)cc1S2. The standard InChI is InChI=1S/C19H24N4O5S/c1-3-22(4-2)10-5-6-13-11(7-10)20-17-14(29-13)8-23(19(27)21-17)18-16(26)15(25)12(9-24)28-18/h5-8,12,15-16,18,24-26H,3-4,9H2,1-2H3,(H,20,21,27)/t12-,15?,16+,18-/m1/s1. The summed E-state index contributed by atoms with van der Waals surface area (Å²) in [6.45, 7) is 5.53. The van der Waals surface area contributed by atoms with Crippen LogP contribution in [0.4, 0.5) is 17.2 Å². The van der Waals surface area contributed by atoms with Crippen molar-refractivity contribution in [1.29, 1.82) is 0 Å². The van der Waals surface area contributed by atoms with Gasteiger partial charge in [0.05, 0.1) is 17.2 Å². The molecule has 0 aliphatic carbocycles. The fourth-order valence-electron chi connectivity index (χ4n) is 3.64. The predicted molar refractivity (Wildman–Crippen MR) is 109 cm³/mol. The lowest BCUT2D eigenvalue weighted by molar-refractivity contribution is -0.0552. The Hall–Kier alpha value is -2.11. The Morgan fingerprint density at radius 3 is 2.66 bits per heavy atom. The number of anilines is 3. The van der Waals surface area contributed by atoms with Crippen molar-refractivity contribution >= 4 is 29.0 Å². The zero-order valence-corrected chi connectivity index (χ0v) is 17.0. The second kappa shape index (κ2) is 7.96. The number of ether oxygens (including phenoxy) is 1. The minimum atomic E-state index is -1.34. The number of aromatic nitrogens is 2. The molecule has 1 unspecified atom stereocenters. The van der Waals surface area contributed by atoms with E-state index in [0.717, 1.165) is 33.9 Å². The first-order valence-electron chi connectivity index (χ1n) is 9.56. The van der Waals surface area contributed by atoms with Gasteiger partial charge >= 0.3 is 5.69 Å². The molecule has 9 nitrogen and oxygen atoms in total. The van der Waals surface area contributed by atoms with Crippen LogP contribution in [0.25, 0.3) is 0 Å². The van der Waals surface area contributed by atoms with E-state index in [1.165, 1.54) is 11.8 Å². The highest BCUT2D eigenvalue weighted by molar-refractivity contribution is 7.99. The van der Waals surface area contributed by atoms with E-state index in [1.54, 1.807) is 6.20 Å². The number of fused-ring (bicyclic) bond motifs is 2. The fraction of sp³-hybridized carbons (Fsp3) is 0.474. The number of aliphatic hydroxyl groups excluding tert-OH is 3. The summed E-state index contributed by atoms with van der Waals surface area (Å²) in [4.78, 5) is 20.6. The number of nitrogens with one attached hydrogen (secondary N) is 1. The maximum absolute atomic E-state index is 12.6. The van der Waals surface area contributed by atoms with Gasteiger partial charge in [-0.15, -0.1) is 0 Å². The zero-order chi connectivity index (χ0) is 20.7. The average Bonchev–Trinajstić information content (AvgIpc) is 3.01. The number of aliphatic hydroxyl groups is 3. The van der Waals surface area contributed by atoms with E-state index in [9.17, 15) is 20.1 Å². The lowest BCUT2D eigenvalue weighted by Crippen LogP contribution is -2.36. The molecule has 1 fully saturated rings. The van der Waals surface area contributed by atoms with Crippen LogP contribution < -0.4 is 15.9 Å². The lowest BCUT2D eigenvalue weighted by Gasteiger charge is -2.26. The summed E-state index contributed by atoms with van der Waals surface area (Å²) in [6, 6.07) is 6.12. The summed E-state index contributed by atoms with van der Waals surface area (Å²) >= 11 is 1.46. The molecular formula is C19H24N4O5S. The monoisotopic (exact) mass is 420 g/mol. The molecule has 3 heterocycles. The fourth-order valence-corrected chi connectivity index (χ4v) is 4.60. The average molecular weight is 420 g/mol. The third-order valence-electron chi connectivity index (χ3n) is 5.27. The van der Waals surface area contributed by atoms with Crippen molar-refractivity contribution in [2.24, 2.45) is 0 Å². The minimum Gasteiger partial charge on any atom is -0.394 e. The quantitative estimate of drug-likeness (QED) is 0.477. The molecule has 4 rings (SSSR count). The number of nitrogens with zero attached hydrogens (tertiary/aromatic N) is 3. The van der Waals surface area contributed by atoms with Gasteiger partial charge in [0, 0.05) is 29.9 Å². The second-order valence-corrected chi connectivity index (χ2v) is 8.04. The molecule has 0 saturated carbocycles. The van der Waals surface area contributed by atoms with Crippen molar-refractivity contribution in [3.63, 3.8) is 0 Å². The van der Waals surface area contributed by atoms with Crippen LogP contribution >= 0.6 is 11.8 Å². The molecule has 0 spiro atoms. The molecule has 1 aromatic carbocycles. The molecule has 4 atom stereocenters. The van der Waals surface area contributed by atoms with E-state index in [0.29, 0.717) is 10.7 Å². The topological polar surface area (TPSA) is 120 Å². The molecule has 1 saturated heterocycles. The summed E-state index contributed by atoms with van der Waals surface area (Å²) in [5.74, 6) is 0.437. The highest BCUT2D eigenvalue weighted by Gasteiger charge is 2.44. The maximum Gasteiger partial charge on any atom is 0.351 e. The third-order valence-corrected chi connectivity index (χ3v) is 6.37. The van der Waals surface area contributed by atoms with Gasteiger partial charge in [-0.05, 0) is 32.0 Å². The smallest absolute Gasteiger partial charge is 0.351 e. The highest BCUT2D eigenvalue weighted by Crippen LogP contribution is 2.44. The van der Waals surface area contributed by atoms with E-state index in [1.807, 2.05) is 12.1 Å². The molecule has 2 aliphatic rings. The Balaban J connectivity index is 1.65. The largest absolute Gasteiger partial charge is 0.394 e. The molecule has 1 aromatic heterocycles. The van der Waals surface area contributed by atoms with Gasteiger partial charge in [0.2, 0.25) is 0 Å². The summed E-state index contributed by atoms with van der Waals surface area (Å²) in [5.41, 5.74) is 1.35. The summed E-state index contributed by atoms with van der Waals surface area (Å²) in [6.07, 6.45) is -3.13. The van der Waals surface area contributed by atoms with Gasteiger partial charge in [0.25, 0.3) is 0 Å². The Bertz CT molecular complexity index is 964. The summed E-state index contributed by atoms with van der Waals surface area (Å²) < 4.78 is 6.63. The van der Waals surface area contributed by atoms with E-state index >= 15 is 0 Å². The first-order valence-corrected chi connectivity index (χ1v) is 10.4. The van der Waals surface area contributed by atoms with Crippen molar-refractivity contribution in [2.45, 2.75) is 48.2 Å². The van der Waals surface area contributed by atoms with Crippen LogP contribution in [0, 0.1) is 0 Å². The first kappa shape index (κ1) is 20.2. The Morgan fingerprint density at radius 1 is 1.24 bits per heavy atom. The molecule has 156 valence electrons. The van der Waals surface area contributed by atoms with Crippen molar-refractivity contribution in [1.82, 2.24) is 9.55 Å². The van der Waals surface area contributed by atoms with Gasteiger partial charge in [-0.2, -0.15) is 4.98 Å². The van der Waals surface area contributed by atoms with Gasteiger partial charge in [-0.1, -0.05) is 11.8 Å². The summed E-state index contributed by atoms with van der Waals surface area (Å²) in [7, 11) is 0. The van der Waals surface area contributed by atoms with E-state index in [4.69, 9.17) is 4.74 Å². The minimum absolute atomic E-state index is 0.437. The Kier molecular flexibility index (Phi) is 5.54. The number of benzene rings is 1. The third kappa shape index (κ3) is 3.51. The van der Waals surface area contributed by atoms with Gasteiger partial charge < -0.3 is 30.3 Å². The van der Waals surface area contributed by atoms with E-state index in [-0.39, 0.29) is 0 Å². The summed E-state index contributed by atoms with van der Waals surface area (Å²) in [5, 5.41) is 32.7. The van der Waals surface area contributed by atoms with Gasteiger partial charge in [0.15, 0.2) is 12.0 Å². The van der Waals surface area contributed by atoms with Crippen LogP contribution in [-0.4, -0.2) is 62.9 Å². The van der Waals surface area contributed by atoms with Crippen LogP contribution in [0.5, 0.6) is 0 Å². The lowest BCUT2D eigenvalue weighted by atomic mass is 10.1. The highest BCUT2D eigenvalue weighted by atomic mass is 32.2. The van der Waals surface area contributed by atoms with Crippen molar-refractivity contribution in [3.05, 3.63) is 34.9 Å². The molecule has 0 amide bonds. The molecule has 4 N–H and O–H groups in total. The number of rotatable bonds is 5. The molecule has 0 radical (unpaired) electrons. The van der Waals surface area contributed by atoms with E-state index < -0.39 is 36.8 Å². The first-order chi connectivity index (χ1) is 14.0. The molecular weight excluding hydrogens is 396 g/mol. The molecule has 0 bridgehead atoms. The van der Waals surface area contributed by atoms with Gasteiger partial charge in [0.1, 0.15) is 18.3 Å². The van der Waals surface area contributed by atoms with Crippen LogP contribution in [0.1, 0.15) is 20.1 Å². The molecule has 10 heteroatoms. The van der Waals surface area contributed by atoms with Crippen LogP contribution in [-0.2, 0) is 4.74 Å². The normalized spacial score (nSPS) is 25.3. The van der Waals surface area contributed by atoms with Crippen LogP contribution in [0.3, 0.4) is 0 Å². The van der Waals surface area contributed by atoms with Crippen molar-refractivity contribution in [2.75, 3.05) is 29.9 Å².